The van der Waals surface area contributed by atoms with Gasteiger partial charge in [0.25, 0.3) is 5.91 Å². The van der Waals surface area contributed by atoms with Crippen LogP contribution < -0.4 is 10.6 Å². The molecule has 0 aliphatic heterocycles. The first-order valence-corrected chi connectivity index (χ1v) is 12.6. The highest BCUT2D eigenvalue weighted by Gasteiger charge is 2.25. The third kappa shape index (κ3) is 4.90. The van der Waals surface area contributed by atoms with E-state index in [-0.39, 0.29) is 5.91 Å². The third-order valence-electron chi connectivity index (χ3n) is 6.88. The van der Waals surface area contributed by atoms with Gasteiger partial charge in [-0.3, -0.25) is 9.78 Å². The van der Waals surface area contributed by atoms with Crippen LogP contribution in [0.1, 0.15) is 52.9 Å². The quantitative estimate of drug-likeness (QED) is 0.377. The summed E-state index contributed by atoms with van der Waals surface area (Å²) in [5.74, 6) is 1.74. The summed E-state index contributed by atoms with van der Waals surface area (Å²) in [6.45, 7) is 2.95. The number of nitrogens with one attached hydrogen (secondary N) is 2. The van der Waals surface area contributed by atoms with E-state index >= 15 is 0 Å². The lowest BCUT2D eigenvalue weighted by molar-refractivity contribution is 0.0950. The number of anilines is 1. The Hall–Kier alpha value is -3.74. The number of aromatic nitrogens is 4. The monoisotopic (exact) mass is 466 g/mol. The Morgan fingerprint density at radius 2 is 1.97 bits per heavy atom. The molecule has 3 aromatic heterocycles. The number of pyridine rings is 1. The molecule has 1 amide bonds. The molecule has 6 rings (SSSR count). The average Bonchev–Trinajstić information content (AvgIpc) is 3.81. The van der Waals surface area contributed by atoms with Crippen LogP contribution in [-0.4, -0.2) is 38.1 Å². The van der Waals surface area contributed by atoms with Crippen molar-refractivity contribution in [2.45, 2.75) is 51.5 Å². The summed E-state index contributed by atoms with van der Waals surface area (Å²) < 4.78 is 1.91. The van der Waals surface area contributed by atoms with Gasteiger partial charge in [-0.05, 0) is 80.2 Å². The first kappa shape index (κ1) is 21.8. The third-order valence-corrected chi connectivity index (χ3v) is 6.88. The lowest BCUT2D eigenvalue weighted by Gasteiger charge is -2.12. The van der Waals surface area contributed by atoms with Gasteiger partial charge in [-0.15, -0.1) is 0 Å². The maximum absolute atomic E-state index is 12.6. The van der Waals surface area contributed by atoms with Gasteiger partial charge in [0, 0.05) is 47.9 Å². The lowest BCUT2D eigenvalue weighted by Crippen LogP contribution is -2.26. The molecule has 0 spiro atoms. The van der Waals surface area contributed by atoms with Gasteiger partial charge in [-0.25, -0.2) is 4.98 Å². The number of carbonyl (C=O) groups is 1. The molecule has 2 aliphatic carbocycles. The summed E-state index contributed by atoms with van der Waals surface area (Å²) in [5, 5.41) is 11.4. The Morgan fingerprint density at radius 3 is 2.71 bits per heavy atom. The zero-order chi connectivity index (χ0) is 23.8. The highest BCUT2D eigenvalue weighted by atomic mass is 16.1. The fourth-order valence-corrected chi connectivity index (χ4v) is 4.44. The second-order valence-electron chi connectivity index (χ2n) is 9.89. The van der Waals surface area contributed by atoms with Crippen LogP contribution in [0.5, 0.6) is 0 Å². The van der Waals surface area contributed by atoms with E-state index in [4.69, 9.17) is 4.98 Å². The molecule has 0 radical (unpaired) electrons. The zero-order valence-electron chi connectivity index (χ0n) is 20.0. The number of aryl methyl sites for hydroxylation is 3. The smallest absolute Gasteiger partial charge is 0.251 e. The average molecular weight is 467 g/mol. The predicted molar refractivity (Wildman–Crippen MR) is 137 cm³/mol. The number of amides is 1. The Labute approximate surface area is 205 Å². The maximum Gasteiger partial charge on any atom is 0.251 e. The van der Waals surface area contributed by atoms with Gasteiger partial charge >= 0.3 is 0 Å². The van der Waals surface area contributed by atoms with Gasteiger partial charge < -0.3 is 10.6 Å². The topological polar surface area (TPSA) is 84.2 Å². The van der Waals surface area contributed by atoms with Crippen LogP contribution >= 0.6 is 0 Å². The molecule has 4 aromatic rings. The molecule has 1 aromatic carbocycles. The van der Waals surface area contributed by atoms with Crippen molar-refractivity contribution in [2.75, 3.05) is 11.9 Å². The molecule has 2 fully saturated rings. The lowest BCUT2D eigenvalue weighted by atomic mass is 10.0. The first-order chi connectivity index (χ1) is 17.1. The van der Waals surface area contributed by atoms with Gasteiger partial charge in [0.1, 0.15) is 5.82 Å². The Balaban J connectivity index is 1.33. The minimum absolute atomic E-state index is 0.0128. The van der Waals surface area contributed by atoms with Crippen LogP contribution in [0.4, 0.5) is 5.82 Å². The van der Waals surface area contributed by atoms with Crippen molar-refractivity contribution in [3.05, 3.63) is 77.4 Å². The normalized spacial score (nSPS) is 15.3. The first-order valence-electron chi connectivity index (χ1n) is 12.6. The van der Waals surface area contributed by atoms with Crippen molar-refractivity contribution >= 4 is 17.4 Å². The summed E-state index contributed by atoms with van der Waals surface area (Å²) in [6.07, 6.45) is 12.0. The largest absolute Gasteiger partial charge is 0.370 e. The van der Waals surface area contributed by atoms with Gasteiger partial charge in [-0.1, -0.05) is 18.2 Å². The minimum atomic E-state index is 0.0128. The summed E-state index contributed by atoms with van der Waals surface area (Å²) in [6, 6.07) is 12.5. The number of hydrogen-bond acceptors (Lipinski definition) is 5. The number of fused-ring (bicyclic) bond motifs is 1. The molecule has 7 heteroatoms. The standard InChI is InChI=1S/C28H30N6O/c1-18-13-21(7-11-24(18)28(35)33-22-9-10-22)25-17-31-34-26(30-16-20-4-5-20)14-23(32-27(25)34)8-6-19-3-2-12-29-15-19/h2-3,7,11-15,17,20,22,30H,4-6,8-10,16H2,1H3,(H,33,35). The van der Waals surface area contributed by atoms with E-state index in [2.05, 4.69) is 38.9 Å². The fourth-order valence-electron chi connectivity index (χ4n) is 4.44. The highest BCUT2D eigenvalue weighted by molar-refractivity contribution is 5.97. The molecule has 0 saturated heterocycles. The van der Waals surface area contributed by atoms with Crippen molar-refractivity contribution in [3.63, 3.8) is 0 Å². The Bertz CT molecular complexity index is 1370. The number of benzene rings is 1. The molecule has 2 saturated carbocycles. The summed E-state index contributed by atoms with van der Waals surface area (Å²) >= 11 is 0. The van der Waals surface area contributed by atoms with E-state index < -0.39 is 0 Å². The van der Waals surface area contributed by atoms with E-state index in [1.54, 1.807) is 6.20 Å². The molecule has 2 aliphatic rings. The van der Waals surface area contributed by atoms with Crippen molar-refractivity contribution in [2.24, 2.45) is 5.92 Å². The Morgan fingerprint density at radius 1 is 1.09 bits per heavy atom. The van der Waals surface area contributed by atoms with Crippen LogP contribution in [0.25, 0.3) is 16.8 Å². The second-order valence-corrected chi connectivity index (χ2v) is 9.89. The SMILES string of the molecule is Cc1cc(-c2cnn3c(NCC4CC4)cc(CCc4cccnc4)nc23)ccc1C(=O)NC1CC1. The predicted octanol–water partition coefficient (Wildman–Crippen LogP) is 4.60. The van der Waals surface area contributed by atoms with E-state index in [1.165, 1.54) is 18.4 Å². The van der Waals surface area contributed by atoms with E-state index in [0.29, 0.717) is 6.04 Å². The molecule has 0 unspecified atom stereocenters. The van der Waals surface area contributed by atoms with Crippen molar-refractivity contribution in [1.82, 2.24) is 24.9 Å². The van der Waals surface area contributed by atoms with Gasteiger partial charge in [-0.2, -0.15) is 9.61 Å². The molecular formula is C28H30N6O. The number of nitrogens with zero attached hydrogens (tertiary/aromatic N) is 4. The number of carbonyl (C=O) groups excluding carboxylic acids is 1. The number of hydrogen-bond donors (Lipinski definition) is 2. The molecule has 7 nitrogen and oxygen atoms in total. The van der Waals surface area contributed by atoms with E-state index in [9.17, 15) is 4.79 Å². The maximum atomic E-state index is 12.6. The summed E-state index contributed by atoms with van der Waals surface area (Å²) in [5.41, 5.74) is 6.74. The van der Waals surface area contributed by atoms with Crippen molar-refractivity contribution in [1.29, 1.82) is 0 Å². The van der Waals surface area contributed by atoms with Crippen molar-refractivity contribution in [3.8, 4) is 11.1 Å². The molecule has 0 atom stereocenters. The fraction of sp³-hybridized carbons (Fsp3) is 0.357. The van der Waals surface area contributed by atoms with Crippen LogP contribution in [0, 0.1) is 12.8 Å². The zero-order valence-corrected chi connectivity index (χ0v) is 20.0. The van der Waals surface area contributed by atoms with Gasteiger partial charge in [0.15, 0.2) is 5.65 Å². The Kier molecular flexibility index (Phi) is 5.68. The van der Waals surface area contributed by atoms with E-state index in [1.807, 2.05) is 42.0 Å². The van der Waals surface area contributed by atoms with Crippen LogP contribution in [0.2, 0.25) is 0 Å². The van der Waals surface area contributed by atoms with Crippen LogP contribution in [0.3, 0.4) is 0 Å². The molecule has 178 valence electrons. The second kappa shape index (κ2) is 9.13. The van der Waals surface area contributed by atoms with Gasteiger partial charge in [0.05, 0.1) is 6.20 Å². The molecule has 2 N–H and O–H groups in total. The van der Waals surface area contributed by atoms with E-state index in [0.717, 1.165) is 77.6 Å². The minimum Gasteiger partial charge on any atom is -0.370 e. The molecule has 35 heavy (non-hydrogen) atoms. The molecular weight excluding hydrogens is 436 g/mol. The summed E-state index contributed by atoms with van der Waals surface area (Å²) in [4.78, 5) is 21.8. The molecule has 0 bridgehead atoms. The molecule has 3 heterocycles. The summed E-state index contributed by atoms with van der Waals surface area (Å²) in [7, 11) is 0. The van der Waals surface area contributed by atoms with Crippen LogP contribution in [0.15, 0.2) is 55.0 Å². The number of rotatable bonds is 9. The van der Waals surface area contributed by atoms with Crippen LogP contribution in [-0.2, 0) is 12.8 Å². The van der Waals surface area contributed by atoms with Crippen molar-refractivity contribution < 1.29 is 4.79 Å². The van der Waals surface area contributed by atoms with Gasteiger partial charge in [0.2, 0.25) is 0 Å². The highest BCUT2D eigenvalue weighted by Crippen LogP contribution is 2.31.